The van der Waals surface area contributed by atoms with Gasteiger partial charge in [0.25, 0.3) is 5.91 Å². The summed E-state index contributed by atoms with van der Waals surface area (Å²) in [6, 6.07) is 17.6. The molecule has 3 rings (SSSR count). The van der Waals surface area contributed by atoms with Crippen molar-refractivity contribution in [2.24, 2.45) is 5.10 Å². The van der Waals surface area contributed by atoms with Gasteiger partial charge in [-0.25, -0.2) is 10.2 Å². The van der Waals surface area contributed by atoms with E-state index in [-0.39, 0.29) is 10.6 Å². The zero-order chi connectivity index (χ0) is 20.8. The molecule has 3 aromatic rings. The third-order valence-electron chi connectivity index (χ3n) is 3.69. The molecule has 0 radical (unpaired) electrons. The van der Waals surface area contributed by atoms with Gasteiger partial charge in [0.2, 0.25) is 0 Å². The molecular formula is C21H13Cl3N2O3. The largest absolute Gasteiger partial charge is 0.423 e. The normalized spacial score (nSPS) is 10.7. The van der Waals surface area contributed by atoms with Gasteiger partial charge in [0.05, 0.1) is 16.8 Å². The lowest BCUT2D eigenvalue weighted by Gasteiger charge is -2.07. The summed E-state index contributed by atoms with van der Waals surface area (Å²) in [5, 5.41) is 4.98. The summed E-state index contributed by atoms with van der Waals surface area (Å²) in [5.41, 5.74) is 3.61. The number of esters is 1. The minimum atomic E-state index is -0.616. The van der Waals surface area contributed by atoms with Gasteiger partial charge in [0.1, 0.15) is 5.75 Å². The van der Waals surface area contributed by atoms with Crippen molar-refractivity contribution in [3.05, 3.63) is 98.5 Å². The van der Waals surface area contributed by atoms with Crippen LogP contribution < -0.4 is 10.2 Å². The highest BCUT2D eigenvalue weighted by molar-refractivity contribution is 6.36. The maximum atomic E-state index is 12.3. The Labute approximate surface area is 181 Å². The van der Waals surface area contributed by atoms with Crippen molar-refractivity contribution in [2.45, 2.75) is 0 Å². The molecule has 0 fully saturated rings. The highest BCUT2D eigenvalue weighted by Crippen LogP contribution is 2.23. The first kappa shape index (κ1) is 20.9. The van der Waals surface area contributed by atoms with Crippen molar-refractivity contribution in [1.29, 1.82) is 0 Å². The molecule has 8 heteroatoms. The van der Waals surface area contributed by atoms with E-state index in [4.69, 9.17) is 39.5 Å². The molecule has 146 valence electrons. The Morgan fingerprint density at radius 1 is 0.897 bits per heavy atom. The summed E-state index contributed by atoms with van der Waals surface area (Å²) in [4.78, 5) is 24.3. The Hall–Kier alpha value is -2.86. The van der Waals surface area contributed by atoms with Gasteiger partial charge in [-0.3, -0.25) is 4.79 Å². The number of hydrazone groups is 1. The van der Waals surface area contributed by atoms with E-state index in [0.29, 0.717) is 26.9 Å². The molecule has 0 saturated heterocycles. The van der Waals surface area contributed by atoms with Gasteiger partial charge in [-0.2, -0.15) is 5.10 Å². The zero-order valence-corrected chi connectivity index (χ0v) is 17.0. The molecule has 1 N–H and O–H groups in total. The second-order valence-electron chi connectivity index (χ2n) is 5.80. The molecule has 0 bridgehead atoms. The summed E-state index contributed by atoms with van der Waals surface area (Å²) >= 11 is 17.7. The van der Waals surface area contributed by atoms with Crippen molar-refractivity contribution in [3.63, 3.8) is 0 Å². The van der Waals surface area contributed by atoms with Crippen molar-refractivity contribution in [3.8, 4) is 5.75 Å². The third-order valence-corrected chi connectivity index (χ3v) is 4.47. The summed E-state index contributed by atoms with van der Waals surface area (Å²) < 4.78 is 5.34. The predicted octanol–water partition coefficient (Wildman–Crippen LogP) is 5.63. The van der Waals surface area contributed by atoms with Crippen LogP contribution in [0.5, 0.6) is 5.75 Å². The molecule has 0 saturated carbocycles. The summed E-state index contributed by atoms with van der Waals surface area (Å²) in [6.45, 7) is 0. The van der Waals surface area contributed by atoms with Crippen LogP contribution in [0.15, 0.2) is 71.8 Å². The van der Waals surface area contributed by atoms with Crippen molar-refractivity contribution >= 4 is 52.9 Å². The molecule has 0 atom stereocenters. The van der Waals surface area contributed by atoms with Crippen LogP contribution in [0.1, 0.15) is 26.3 Å². The highest BCUT2D eigenvalue weighted by atomic mass is 35.5. The molecule has 0 unspecified atom stereocenters. The average molecular weight is 448 g/mol. The number of carbonyl (C=O) groups is 2. The number of hydrogen-bond acceptors (Lipinski definition) is 4. The fourth-order valence-electron chi connectivity index (χ4n) is 2.34. The maximum absolute atomic E-state index is 12.3. The topological polar surface area (TPSA) is 67.8 Å². The minimum absolute atomic E-state index is 0.198. The molecule has 0 aliphatic carbocycles. The Morgan fingerprint density at radius 2 is 1.66 bits per heavy atom. The number of halogens is 3. The van der Waals surface area contributed by atoms with Crippen LogP contribution >= 0.6 is 34.8 Å². The maximum Gasteiger partial charge on any atom is 0.345 e. The van der Waals surface area contributed by atoms with Gasteiger partial charge >= 0.3 is 5.97 Å². The van der Waals surface area contributed by atoms with Crippen LogP contribution in [-0.2, 0) is 0 Å². The number of benzene rings is 3. The Kier molecular flexibility index (Phi) is 6.88. The van der Waals surface area contributed by atoms with Crippen LogP contribution in [0, 0.1) is 0 Å². The standard InChI is InChI=1S/C21H13Cl3N2O3/c22-15-5-2-4-14(10-15)20(27)26-25-12-13-3-1-6-17(9-13)29-21(28)18-8-7-16(23)11-19(18)24/h1-12H,(H,26,27). The molecule has 0 aliphatic heterocycles. The molecule has 29 heavy (non-hydrogen) atoms. The lowest BCUT2D eigenvalue weighted by atomic mass is 10.2. The fraction of sp³-hybridized carbons (Fsp3) is 0. The molecule has 0 heterocycles. The van der Waals surface area contributed by atoms with Crippen LogP contribution in [0.3, 0.4) is 0 Å². The molecular weight excluding hydrogens is 435 g/mol. The minimum Gasteiger partial charge on any atom is -0.423 e. The number of nitrogens with zero attached hydrogens (tertiary/aromatic N) is 1. The van der Waals surface area contributed by atoms with Crippen molar-refractivity contribution < 1.29 is 14.3 Å². The number of nitrogens with one attached hydrogen (secondary N) is 1. The van der Waals surface area contributed by atoms with Gasteiger partial charge in [-0.05, 0) is 54.1 Å². The number of amides is 1. The van der Waals surface area contributed by atoms with E-state index in [2.05, 4.69) is 10.5 Å². The number of rotatable bonds is 5. The van der Waals surface area contributed by atoms with Crippen LogP contribution in [0.25, 0.3) is 0 Å². The second-order valence-corrected chi connectivity index (χ2v) is 7.08. The Bertz CT molecular complexity index is 1100. The first-order valence-electron chi connectivity index (χ1n) is 8.28. The van der Waals surface area contributed by atoms with E-state index < -0.39 is 11.9 Å². The number of hydrogen-bond donors (Lipinski definition) is 1. The first-order valence-corrected chi connectivity index (χ1v) is 9.42. The number of carbonyl (C=O) groups excluding carboxylic acids is 2. The molecule has 1 amide bonds. The zero-order valence-electron chi connectivity index (χ0n) is 14.7. The third kappa shape index (κ3) is 5.81. The summed E-state index contributed by atoms with van der Waals surface area (Å²) in [6.07, 6.45) is 1.43. The molecule has 0 aromatic heterocycles. The van der Waals surface area contributed by atoms with Crippen molar-refractivity contribution in [2.75, 3.05) is 0 Å². The predicted molar refractivity (Wildman–Crippen MR) is 114 cm³/mol. The molecule has 0 aliphatic rings. The Morgan fingerprint density at radius 3 is 2.41 bits per heavy atom. The van der Waals surface area contributed by atoms with Crippen LogP contribution in [-0.4, -0.2) is 18.1 Å². The average Bonchev–Trinajstić information content (AvgIpc) is 2.68. The van der Waals surface area contributed by atoms with Gasteiger partial charge in [0.15, 0.2) is 0 Å². The fourth-order valence-corrected chi connectivity index (χ4v) is 3.01. The van der Waals surface area contributed by atoms with E-state index in [1.165, 1.54) is 24.4 Å². The Balaban J connectivity index is 1.65. The smallest absolute Gasteiger partial charge is 0.345 e. The SMILES string of the molecule is O=C(NN=Cc1cccc(OC(=O)c2ccc(Cl)cc2Cl)c1)c1cccc(Cl)c1. The number of ether oxygens (including phenoxy) is 1. The first-order chi connectivity index (χ1) is 13.9. The monoisotopic (exact) mass is 446 g/mol. The van der Waals surface area contributed by atoms with E-state index >= 15 is 0 Å². The van der Waals surface area contributed by atoms with Gasteiger partial charge in [-0.15, -0.1) is 0 Å². The molecule has 0 spiro atoms. The van der Waals surface area contributed by atoms with Crippen molar-refractivity contribution in [1.82, 2.24) is 5.43 Å². The second kappa shape index (κ2) is 9.56. The highest BCUT2D eigenvalue weighted by Gasteiger charge is 2.13. The van der Waals surface area contributed by atoms with Crippen LogP contribution in [0.2, 0.25) is 15.1 Å². The van der Waals surface area contributed by atoms with E-state index in [9.17, 15) is 9.59 Å². The lowest BCUT2D eigenvalue weighted by Crippen LogP contribution is -2.17. The summed E-state index contributed by atoms with van der Waals surface area (Å²) in [5.74, 6) is -0.718. The quantitative estimate of drug-likeness (QED) is 0.238. The van der Waals surface area contributed by atoms with E-state index in [1.807, 2.05) is 0 Å². The molecule has 3 aromatic carbocycles. The molecule has 5 nitrogen and oxygen atoms in total. The van der Waals surface area contributed by atoms with E-state index in [0.717, 1.165) is 0 Å². The van der Waals surface area contributed by atoms with E-state index in [1.54, 1.807) is 48.5 Å². The summed E-state index contributed by atoms with van der Waals surface area (Å²) in [7, 11) is 0. The lowest BCUT2D eigenvalue weighted by molar-refractivity contribution is 0.0734. The van der Waals surface area contributed by atoms with Gasteiger partial charge in [-0.1, -0.05) is 53.0 Å². The van der Waals surface area contributed by atoms with Crippen LogP contribution in [0.4, 0.5) is 0 Å². The van der Waals surface area contributed by atoms with Gasteiger partial charge in [0, 0.05) is 15.6 Å². The van der Waals surface area contributed by atoms with Gasteiger partial charge < -0.3 is 4.74 Å².